The minimum atomic E-state index is -3.55. The molecule has 0 unspecified atom stereocenters. The average Bonchev–Trinajstić information content (AvgIpc) is 2.73. The first kappa shape index (κ1) is 22.5. The van der Waals surface area contributed by atoms with Crippen molar-refractivity contribution in [2.75, 3.05) is 15.9 Å². The van der Waals surface area contributed by atoms with E-state index in [2.05, 4.69) is 5.32 Å². The first-order valence-electron chi connectivity index (χ1n) is 9.38. The fourth-order valence-electron chi connectivity index (χ4n) is 2.93. The van der Waals surface area contributed by atoms with E-state index in [4.69, 9.17) is 11.6 Å². The Hall–Kier alpha value is -3.16. The van der Waals surface area contributed by atoms with Crippen LogP contribution in [0, 0.1) is 0 Å². The fraction of sp³-hybridized carbons (Fsp3) is 0.130. The molecule has 0 fully saturated rings. The largest absolute Gasteiger partial charge is 0.322 e. The molecule has 0 radical (unpaired) electrons. The van der Waals surface area contributed by atoms with Crippen LogP contribution in [0.1, 0.15) is 33.2 Å². The molecule has 0 aliphatic heterocycles. The van der Waals surface area contributed by atoms with Crippen molar-refractivity contribution < 1.29 is 18.0 Å². The second-order valence-electron chi connectivity index (χ2n) is 7.03. The standard InChI is InChI=1S/C23H21ClN2O4S/c1-16(27)18-5-11-21(12-6-18)25-23(28)19-7-13-22(14-8-19)26(31(2,29)30)15-17-3-9-20(24)10-4-17/h3-14H,15H2,1-2H3,(H,25,28). The maximum absolute atomic E-state index is 12.5. The van der Waals surface area contributed by atoms with Crippen molar-refractivity contribution in [1.82, 2.24) is 0 Å². The van der Waals surface area contributed by atoms with Crippen LogP contribution in [0.25, 0.3) is 0 Å². The summed E-state index contributed by atoms with van der Waals surface area (Å²) in [6.45, 7) is 1.62. The molecule has 0 aliphatic rings. The zero-order chi connectivity index (χ0) is 22.6. The maximum Gasteiger partial charge on any atom is 0.255 e. The molecule has 6 nitrogen and oxygen atoms in total. The highest BCUT2D eigenvalue weighted by Gasteiger charge is 2.18. The lowest BCUT2D eigenvalue weighted by atomic mass is 10.1. The second-order valence-corrected chi connectivity index (χ2v) is 9.37. The predicted molar refractivity (Wildman–Crippen MR) is 123 cm³/mol. The summed E-state index contributed by atoms with van der Waals surface area (Å²) in [6.07, 6.45) is 1.13. The minimum absolute atomic E-state index is 0.0532. The van der Waals surface area contributed by atoms with Gasteiger partial charge >= 0.3 is 0 Å². The lowest BCUT2D eigenvalue weighted by Crippen LogP contribution is -2.29. The summed E-state index contributed by atoms with van der Waals surface area (Å²) < 4.78 is 25.9. The van der Waals surface area contributed by atoms with Gasteiger partial charge in [0.1, 0.15) is 0 Å². The molecular formula is C23H21ClN2O4S. The lowest BCUT2D eigenvalue weighted by molar-refractivity contribution is 0.101. The summed E-state index contributed by atoms with van der Waals surface area (Å²) in [7, 11) is -3.55. The average molecular weight is 457 g/mol. The molecule has 8 heteroatoms. The van der Waals surface area contributed by atoms with Gasteiger partial charge in [0.05, 0.1) is 18.5 Å². The van der Waals surface area contributed by atoms with Crippen molar-refractivity contribution >= 4 is 44.7 Å². The maximum atomic E-state index is 12.5. The van der Waals surface area contributed by atoms with Crippen molar-refractivity contribution in [3.63, 3.8) is 0 Å². The Kier molecular flexibility index (Phi) is 6.77. The Labute approximate surface area is 186 Å². The second kappa shape index (κ2) is 9.32. The summed E-state index contributed by atoms with van der Waals surface area (Å²) in [5.41, 5.74) is 2.72. The van der Waals surface area contributed by atoms with Gasteiger partial charge in [0, 0.05) is 21.8 Å². The Morgan fingerprint density at radius 2 is 1.42 bits per heavy atom. The number of sulfonamides is 1. The number of carbonyl (C=O) groups is 2. The number of carbonyl (C=O) groups excluding carboxylic acids is 2. The Morgan fingerprint density at radius 3 is 1.94 bits per heavy atom. The van der Waals surface area contributed by atoms with Crippen LogP contribution in [0.5, 0.6) is 0 Å². The highest BCUT2D eigenvalue weighted by atomic mass is 35.5. The monoisotopic (exact) mass is 456 g/mol. The molecule has 1 N–H and O–H groups in total. The first-order valence-corrected chi connectivity index (χ1v) is 11.6. The highest BCUT2D eigenvalue weighted by molar-refractivity contribution is 7.92. The molecule has 0 atom stereocenters. The van der Waals surface area contributed by atoms with E-state index in [1.165, 1.54) is 11.2 Å². The molecule has 0 bridgehead atoms. The van der Waals surface area contributed by atoms with Crippen LogP contribution >= 0.6 is 11.6 Å². The van der Waals surface area contributed by atoms with Gasteiger partial charge in [0.2, 0.25) is 10.0 Å². The van der Waals surface area contributed by atoms with Gasteiger partial charge in [-0.05, 0) is 73.2 Å². The predicted octanol–water partition coefficient (Wildman–Crippen LogP) is 4.76. The SMILES string of the molecule is CC(=O)c1ccc(NC(=O)c2ccc(N(Cc3ccc(Cl)cc3)S(C)(=O)=O)cc2)cc1. The van der Waals surface area contributed by atoms with Gasteiger partial charge in [-0.1, -0.05) is 23.7 Å². The summed E-state index contributed by atoms with van der Waals surface area (Å²) in [5.74, 6) is -0.395. The molecule has 0 saturated carbocycles. The summed E-state index contributed by atoms with van der Waals surface area (Å²) in [5, 5.41) is 3.32. The lowest BCUT2D eigenvalue weighted by Gasteiger charge is -2.23. The number of halogens is 1. The number of anilines is 2. The van der Waals surface area contributed by atoms with Gasteiger partial charge in [-0.2, -0.15) is 0 Å². The van der Waals surface area contributed by atoms with Crippen LogP contribution in [-0.2, 0) is 16.6 Å². The van der Waals surface area contributed by atoms with E-state index in [1.54, 1.807) is 72.8 Å². The smallest absolute Gasteiger partial charge is 0.255 e. The number of rotatable bonds is 7. The quantitative estimate of drug-likeness (QED) is 0.519. The van der Waals surface area contributed by atoms with E-state index < -0.39 is 10.0 Å². The van der Waals surface area contributed by atoms with Crippen molar-refractivity contribution in [2.24, 2.45) is 0 Å². The van der Waals surface area contributed by atoms with Crippen molar-refractivity contribution in [3.8, 4) is 0 Å². The van der Waals surface area contributed by atoms with Gasteiger partial charge in [0.15, 0.2) is 5.78 Å². The van der Waals surface area contributed by atoms with Crippen molar-refractivity contribution in [3.05, 3.63) is 94.5 Å². The molecular weight excluding hydrogens is 436 g/mol. The number of hydrogen-bond donors (Lipinski definition) is 1. The normalized spacial score (nSPS) is 11.1. The van der Waals surface area contributed by atoms with Gasteiger partial charge in [-0.15, -0.1) is 0 Å². The van der Waals surface area contributed by atoms with E-state index in [1.807, 2.05) is 0 Å². The minimum Gasteiger partial charge on any atom is -0.322 e. The zero-order valence-corrected chi connectivity index (χ0v) is 18.6. The molecule has 31 heavy (non-hydrogen) atoms. The van der Waals surface area contributed by atoms with E-state index in [0.29, 0.717) is 27.5 Å². The molecule has 3 rings (SSSR count). The van der Waals surface area contributed by atoms with Crippen LogP contribution in [0.3, 0.4) is 0 Å². The summed E-state index contributed by atoms with van der Waals surface area (Å²) in [4.78, 5) is 23.9. The van der Waals surface area contributed by atoms with Gasteiger partial charge in [-0.25, -0.2) is 8.42 Å². The molecule has 3 aromatic carbocycles. The molecule has 0 spiro atoms. The van der Waals surface area contributed by atoms with Crippen molar-refractivity contribution in [2.45, 2.75) is 13.5 Å². The number of ketones is 1. The van der Waals surface area contributed by atoms with E-state index in [-0.39, 0.29) is 18.2 Å². The summed E-state index contributed by atoms with van der Waals surface area (Å²) >= 11 is 5.90. The third-order valence-corrected chi connectivity index (χ3v) is 6.00. The Balaban J connectivity index is 1.76. The zero-order valence-electron chi connectivity index (χ0n) is 17.0. The molecule has 0 saturated heterocycles. The van der Waals surface area contributed by atoms with Crippen LogP contribution in [0.4, 0.5) is 11.4 Å². The Bertz CT molecular complexity index is 1190. The van der Waals surface area contributed by atoms with Crippen molar-refractivity contribution in [1.29, 1.82) is 0 Å². The van der Waals surface area contributed by atoms with E-state index >= 15 is 0 Å². The first-order chi connectivity index (χ1) is 14.6. The third kappa shape index (κ3) is 5.93. The van der Waals surface area contributed by atoms with Gasteiger partial charge in [-0.3, -0.25) is 13.9 Å². The highest BCUT2D eigenvalue weighted by Crippen LogP contribution is 2.22. The van der Waals surface area contributed by atoms with Crippen LogP contribution in [-0.4, -0.2) is 26.4 Å². The van der Waals surface area contributed by atoms with Gasteiger partial charge < -0.3 is 5.32 Å². The number of amides is 1. The fourth-order valence-corrected chi connectivity index (χ4v) is 3.94. The molecule has 3 aromatic rings. The molecule has 0 aliphatic carbocycles. The number of benzene rings is 3. The van der Waals surface area contributed by atoms with Gasteiger partial charge in [0.25, 0.3) is 5.91 Å². The van der Waals surface area contributed by atoms with Crippen LogP contribution < -0.4 is 9.62 Å². The third-order valence-electron chi connectivity index (χ3n) is 4.61. The molecule has 160 valence electrons. The molecule has 0 heterocycles. The number of nitrogens with zero attached hydrogens (tertiary/aromatic N) is 1. The topological polar surface area (TPSA) is 83.6 Å². The number of Topliss-reactive ketones (excluding diaryl/α,β-unsaturated/α-hetero) is 1. The summed E-state index contributed by atoms with van der Waals surface area (Å²) in [6, 6.07) is 19.8. The van der Waals surface area contributed by atoms with E-state index in [9.17, 15) is 18.0 Å². The number of nitrogens with one attached hydrogen (secondary N) is 1. The number of hydrogen-bond acceptors (Lipinski definition) is 4. The molecule has 0 aromatic heterocycles. The van der Waals surface area contributed by atoms with Crippen LogP contribution in [0.15, 0.2) is 72.8 Å². The van der Waals surface area contributed by atoms with Crippen LogP contribution in [0.2, 0.25) is 5.02 Å². The Morgan fingerprint density at radius 1 is 0.871 bits per heavy atom. The van der Waals surface area contributed by atoms with E-state index in [0.717, 1.165) is 11.8 Å². The molecule has 1 amide bonds.